The lowest BCUT2D eigenvalue weighted by Gasteiger charge is -2.36. The Balaban J connectivity index is 1.50. The van der Waals surface area contributed by atoms with Gasteiger partial charge in [-0.05, 0) is 62.3 Å². The number of benzene rings is 2. The molecule has 0 spiro atoms. The lowest BCUT2D eigenvalue weighted by molar-refractivity contribution is 0.0986. The smallest absolute Gasteiger partial charge is 0.322 e. The lowest BCUT2D eigenvalue weighted by Crippen LogP contribution is -2.50. The number of hydrogen-bond acceptors (Lipinski definition) is 3. The first-order valence-corrected chi connectivity index (χ1v) is 9.93. The number of anilines is 2. The van der Waals surface area contributed by atoms with Crippen molar-refractivity contribution in [2.75, 3.05) is 49.6 Å². The van der Waals surface area contributed by atoms with Gasteiger partial charge in [0.15, 0.2) is 0 Å². The van der Waals surface area contributed by atoms with Gasteiger partial charge in [-0.1, -0.05) is 12.1 Å². The normalized spacial score (nSPS) is 19.2. The molecule has 2 aromatic carbocycles. The minimum atomic E-state index is -0.378. The number of rotatable bonds is 3. The summed E-state index contributed by atoms with van der Waals surface area (Å²) in [4.78, 5) is 31.4. The van der Waals surface area contributed by atoms with Crippen LogP contribution in [0.1, 0.15) is 16.8 Å². The topological polar surface area (TPSA) is 55.9 Å². The molecule has 0 aliphatic carbocycles. The SMILES string of the molecule is CN1CCC(CNC(=O)N2CCN(C(=O)c3ccc(F)cc3)c3ccccc32)C1. The highest BCUT2D eigenvalue weighted by atomic mass is 19.1. The molecule has 152 valence electrons. The number of hydrogen-bond donors (Lipinski definition) is 1. The third-order valence-corrected chi connectivity index (χ3v) is 5.62. The van der Waals surface area contributed by atoms with E-state index < -0.39 is 0 Å². The van der Waals surface area contributed by atoms with Crippen LogP contribution in [-0.4, -0.2) is 56.6 Å². The Bertz CT molecular complexity index is 902. The van der Waals surface area contributed by atoms with E-state index in [1.54, 1.807) is 9.80 Å². The first kappa shape index (κ1) is 19.4. The highest BCUT2D eigenvalue weighted by Gasteiger charge is 2.31. The molecule has 2 aromatic rings. The van der Waals surface area contributed by atoms with E-state index in [2.05, 4.69) is 17.3 Å². The minimum Gasteiger partial charge on any atom is -0.337 e. The van der Waals surface area contributed by atoms with Crippen molar-refractivity contribution in [1.82, 2.24) is 10.2 Å². The van der Waals surface area contributed by atoms with Crippen molar-refractivity contribution in [2.45, 2.75) is 6.42 Å². The molecule has 2 aliphatic rings. The summed E-state index contributed by atoms with van der Waals surface area (Å²) in [5, 5.41) is 3.05. The Morgan fingerprint density at radius 1 is 1.00 bits per heavy atom. The fraction of sp³-hybridized carbons (Fsp3) is 0.364. The molecule has 1 unspecified atom stereocenters. The van der Waals surface area contributed by atoms with E-state index in [1.807, 2.05) is 24.3 Å². The van der Waals surface area contributed by atoms with E-state index in [-0.39, 0.29) is 17.8 Å². The number of fused-ring (bicyclic) bond motifs is 1. The van der Waals surface area contributed by atoms with Crippen LogP contribution >= 0.6 is 0 Å². The number of likely N-dealkylation sites (tertiary alicyclic amines) is 1. The summed E-state index contributed by atoms with van der Waals surface area (Å²) in [6.07, 6.45) is 1.09. The third kappa shape index (κ3) is 4.10. The fourth-order valence-electron chi connectivity index (χ4n) is 4.05. The molecule has 6 nitrogen and oxygen atoms in total. The van der Waals surface area contributed by atoms with Gasteiger partial charge in [0.25, 0.3) is 5.91 Å². The molecule has 1 atom stereocenters. The minimum absolute atomic E-state index is 0.138. The standard InChI is InChI=1S/C22H25FN4O2/c1-25-11-10-16(15-25)14-24-22(29)27-13-12-26(19-4-2-3-5-20(19)27)21(28)17-6-8-18(23)9-7-17/h2-9,16H,10-15H2,1H3,(H,24,29). The van der Waals surface area contributed by atoms with Crippen molar-refractivity contribution in [3.63, 3.8) is 0 Å². The van der Waals surface area contributed by atoms with Crippen LogP contribution in [0, 0.1) is 11.7 Å². The van der Waals surface area contributed by atoms with E-state index in [0.29, 0.717) is 42.5 Å². The zero-order chi connectivity index (χ0) is 20.4. The average molecular weight is 396 g/mol. The van der Waals surface area contributed by atoms with Gasteiger partial charge in [0.1, 0.15) is 5.82 Å². The van der Waals surface area contributed by atoms with Crippen molar-refractivity contribution in [3.05, 3.63) is 59.9 Å². The van der Waals surface area contributed by atoms with Crippen LogP contribution in [0.25, 0.3) is 0 Å². The number of nitrogens with zero attached hydrogens (tertiary/aromatic N) is 3. The molecule has 1 N–H and O–H groups in total. The second-order valence-electron chi connectivity index (χ2n) is 7.71. The molecule has 1 fully saturated rings. The number of urea groups is 1. The molecule has 0 aromatic heterocycles. The van der Waals surface area contributed by atoms with Crippen LogP contribution in [0.3, 0.4) is 0 Å². The Labute approximate surface area is 169 Å². The van der Waals surface area contributed by atoms with Gasteiger partial charge in [0.2, 0.25) is 0 Å². The molecule has 0 bridgehead atoms. The third-order valence-electron chi connectivity index (χ3n) is 5.62. The van der Waals surface area contributed by atoms with Gasteiger partial charge in [-0.15, -0.1) is 0 Å². The molecule has 2 aliphatic heterocycles. The Morgan fingerprint density at radius 2 is 1.66 bits per heavy atom. The first-order valence-electron chi connectivity index (χ1n) is 9.93. The monoisotopic (exact) mass is 396 g/mol. The highest BCUT2D eigenvalue weighted by Crippen LogP contribution is 2.33. The van der Waals surface area contributed by atoms with E-state index in [1.165, 1.54) is 24.3 Å². The fourth-order valence-corrected chi connectivity index (χ4v) is 4.05. The molecule has 0 radical (unpaired) electrons. The summed E-state index contributed by atoms with van der Waals surface area (Å²) in [6, 6.07) is 12.8. The number of nitrogens with one attached hydrogen (secondary N) is 1. The van der Waals surface area contributed by atoms with Gasteiger partial charge >= 0.3 is 6.03 Å². The zero-order valence-electron chi connectivity index (χ0n) is 16.5. The number of amides is 3. The summed E-state index contributed by atoms with van der Waals surface area (Å²) < 4.78 is 13.2. The van der Waals surface area contributed by atoms with Crippen LogP contribution < -0.4 is 15.1 Å². The van der Waals surface area contributed by atoms with Gasteiger partial charge in [-0.3, -0.25) is 9.69 Å². The van der Waals surface area contributed by atoms with E-state index in [4.69, 9.17) is 0 Å². The largest absolute Gasteiger partial charge is 0.337 e. The van der Waals surface area contributed by atoms with Crippen LogP contribution in [-0.2, 0) is 0 Å². The van der Waals surface area contributed by atoms with Crippen molar-refractivity contribution in [2.24, 2.45) is 5.92 Å². The van der Waals surface area contributed by atoms with Crippen LogP contribution in [0.2, 0.25) is 0 Å². The maximum absolute atomic E-state index is 13.2. The van der Waals surface area contributed by atoms with Crippen molar-refractivity contribution in [1.29, 1.82) is 0 Å². The predicted octanol–water partition coefficient (Wildman–Crippen LogP) is 2.95. The molecule has 3 amide bonds. The molecule has 29 heavy (non-hydrogen) atoms. The second-order valence-corrected chi connectivity index (χ2v) is 7.71. The highest BCUT2D eigenvalue weighted by molar-refractivity contribution is 6.10. The first-order chi connectivity index (χ1) is 14.0. The van der Waals surface area contributed by atoms with Crippen molar-refractivity contribution < 1.29 is 14.0 Å². The van der Waals surface area contributed by atoms with Gasteiger partial charge < -0.3 is 15.1 Å². The van der Waals surface area contributed by atoms with Gasteiger partial charge in [0.05, 0.1) is 11.4 Å². The summed E-state index contributed by atoms with van der Waals surface area (Å²) in [5.41, 5.74) is 1.81. The molecule has 2 heterocycles. The van der Waals surface area contributed by atoms with E-state index in [0.717, 1.165) is 19.5 Å². The molecule has 7 heteroatoms. The lowest BCUT2D eigenvalue weighted by atomic mass is 10.1. The summed E-state index contributed by atoms with van der Waals surface area (Å²) in [5.74, 6) is -0.107. The van der Waals surface area contributed by atoms with E-state index >= 15 is 0 Å². The molecule has 1 saturated heterocycles. The summed E-state index contributed by atoms with van der Waals surface area (Å²) in [7, 11) is 2.09. The Kier molecular flexibility index (Phi) is 5.49. The second kappa shape index (κ2) is 8.21. The van der Waals surface area contributed by atoms with Gasteiger partial charge in [-0.2, -0.15) is 0 Å². The number of halogens is 1. The van der Waals surface area contributed by atoms with Gasteiger partial charge in [-0.25, -0.2) is 9.18 Å². The molecular weight excluding hydrogens is 371 g/mol. The zero-order valence-corrected chi connectivity index (χ0v) is 16.5. The summed E-state index contributed by atoms with van der Waals surface area (Å²) in [6.45, 7) is 3.50. The quantitative estimate of drug-likeness (QED) is 0.868. The maximum Gasteiger partial charge on any atom is 0.322 e. The van der Waals surface area contributed by atoms with Crippen molar-refractivity contribution >= 4 is 23.3 Å². The van der Waals surface area contributed by atoms with Gasteiger partial charge in [0, 0.05) is 31.7 Å². The van der Waals surface area contributed by atoms with Crippen LogP contribution in [0.15, 0.2) is 48.5 Å². The number of carbonyl (C=O) groups is 2. The number of carbonyl (C=O) groups excluding carboxylic acids is 2. The Hall–Kier alpha value is -2.93. The van der Waals surface area contributed by atoms with Crippen LogP contribution in [0.5, 0.6) is 0 Å². The van der Waals surface area contributed by atoms with Crippen LogP contribution in [0.4, 0.5) is 20.6 Å². The Morgan fingerprint density at radius 3 is 2.31 bits per heavy atom. The summed E-state index contributed by atoms with van der Waals surface area (Å²) >= 11 is 0. The van der Waals surface area contributed by atoms with E-state index in [9.17, 15) is 14.0 Å². The predicted molar refractivity (Wildman–Crippen MR) is 111 cm³/mol. The molecular formula is C22H25FN4O2. The number of para-hydroxylation sites is 2. The molecule has 0 saturated carbocycles. The van der Waals surface area contributed by atoms with Crippen molar-refractivity contribution in [3.8, 4) is 0 Å². The maximum atomic E-state index is 13.2. The molecule has 4 rings (SSSR count). The average Bonchev–Trinajstić information content (AvgIpc) is 3.16.